The summed E-state index contributed by atoms with van der Waals surface area (Å²) in [5, 5.41) is 10.6. The average Bonchev–Trinajstić information content (AvgIpc) is 3.53. The Morgan fingerprint density at radius 2 is 1.77 bits per heavy atom. The number of fused-ring (bicyclic) bond motifs is 1. The van der Waals surface area contributed by atoms with Crippen LogP contribution in [0.5, 0.6) is 5.75 Å². The Balaban J connectivity index is 1.84. The van der Waals surface area contributed by atoms with E-state index in [-0.39, 0.29) is 36.8 Å². The van der Waals surface area contributed by atoms with Gasteiger partial charge in [-0.3, -0.25) is 14.4 Å². The van der Waals surface area contributed by atoms with E-state index in [2.05, 4.69) is 13.2 Å². The van der Waals surface area contributed by atoms with Crippen LogP contribution in [0.4, 0.5) is 5.69 Å². The molecule has 6 atom stereocenters. The summed E-state index contributed by atoms with van der Waals surface area (Å²) in [5.74, 6) is -1.63. The van der Waals surface area contributed by atoms with Crippen LogP contribution in [-0.4, -0.2) is 87.8 Å². The molecule has 1 N–H and O–H groups in total. The van der Waals surface area contributed by atoms with E-state index in [9.17, 15) is 19.5 Å². The van der Waals surface area contributed by atoms with Gasteiger partial charge in [0, 0.05) is 24.3 Å². The molecule has 9 heteroatoms. The number of rotatable bonds is 13. The molecule has 242 valence electrons. The molecule has 1 aromatic carbocycles. The third-order valence-corrected chi connectivity index (χ3v) is 9.49. The Bertz CT molecular complexity index is 1260. The normalized spacial score (nSPS) is 28.2. The van der Waals surface area contributed by atoms with Crippen molar-refractivity contribution in [2.24, 2.45) is 17.8 Å². The van der Waals surface area contributed by atoms with Gasteiger partial charge in [0.25, 0.3) is 0 Å². The molecule has 0 aromatic heterocycles. The van der Waals surface area contributed by atoms with Gasteiger partial charge in [-0.2, -0.15) is 0 Å². The summed E-state index contributed by atoms with van der Waals surface area (Å²) in [7, 11) is 0. The Morgan fingerprint density at radius 3 is 2.30 bits per heavy atom. The zero-order chi connectivity index (χ0) is 32.6. The quantitative estimate of drug-likeness (QED) is 0.329. The topological polar surface area (TPSA) is 99.6 Å². The van der Waals surface area contributed by atoms with Crippen molar-refractivity contribution in [3.05, 3.63) is 49.6 Å². The molecular formula is C35H51N3O6. The van der Waals surface area contributed by atoms with Crippen molar-refractivity contribution in [1.82, 2.24) is 9.80 Å². The molecule has 3 fully saturated rings. The number of hydrogen-bond acceptors (Lipinski definition) is 6. The molecule has 0 aliphatic carbocycles. The molecular weight excluding hydrogens is 558 g/mol. The van der Waals surface area contributed by atoms with Gasteiger partial charge in [-0.1, -0.05) is 26.0 Å². The lowest BCUT2D eigenvalue weighted by Crippen LogP contribution is -2.61. The van der Waals surface area contributed by atoms with Crippen LogP contribution in [0.3, 0.4) is 0 Å². The van der Waals surface area contributed by atoms with Crippen molar-refractivity contribution in [3.63, 3.8) is 0 Å². The molecule has 1 spiro atoms. The SMILES string of the molecule is C=CCN(C(=O)[C@@H]1[C@H]2C(=O)N([C@@H](CO)CC(C)C)C(C(=O)N(CC=C)C(C)(C)C)C23CC[C@@]1(C)O3)c1ccc(OCC)cc1. The van der Waals surface area contributed by atoms with E-state index >= 15 is 0 Å². The minimum atomic E-state index is -1.20. The van der Waals surface area contributed by atoms with Crippen LogP contribution in [0.25, 0.3) is 0 Å². The third-order valence-electron chi connectivity index (χ3n) is 9.49. The fourth-order valence-electron chi connectivity index (χ4n) is 7.71. The maximum absolute atomic E-state index is 14.7. The number of carbonyl (C=O) groups is 3. The summed E-state index contributed by atoms with van der Waals surface area (Å²) in [6.07, 6.45) is 4.85. The standard InChI is InChI=1S/C35H51N3O6/c1-10-19-36(24-13-15-26(16-14-24)43-12-3)30(40)27-28-31(41)38(25(22-39)21-23(4)5)29(35(28)18-17-34(27,9)44-35)32(42)37(20-11-2)33(6,7)8/h10-11,13-16,23,25,27-29,39H,1-2,12,17-22H2,3-9H3/t25-,27+,28+,29?,34-,35?/m1/s1. The summed E-state index contributed by atoms with van der Waals surface area (Å²) in [4.78, 5) is 49.0. The molecule has 3 saturated heterocycles. The minimum absolute atomic E-state index is 0.162. The summed E-state index contributed by atoms with van der Waals surface area (Å²) in [5.41, 5.74) is -2.04. The van der Waals surface area contributed by atoms with Crippen molar-refractivity contribution in [3.8, 4) is 5.75 Å². The van der Waals surface area contributed by atoms with Crippen molar-refractivity contribution >= 4 is 23.4 Å². The average molecular weight is 610 g/mol. The van der Waals surface area contributed by atoms with Gasteiger partial charge in [0.2, 0.25) is 17.7 Å². The highest BCUT2D eigenvalue weighted by Crippen LogP contribution is 2.64. The Labute approximate surface area is 262 Å². The lowest BCUT2D eigenvalue weighted by atomic mass is 9.66. The Kier molecular flexibility index (Phi) is 9.71. The van der Waals surface area contributed by atoms with Gasteiger partial charge in [-0.25, -0.2) is 0 Å². The minimum Gasteiger partial charge on any atom is -0.494 e. The highest BCUT2D eigenvalue weighted by Gasteiger charge is 2.79. The highest BCUT2D eigenvalue weighted by atomic mass is 16.5. The lowest BCUT2D eigenvalue weighted by molar-refractivity contribution is -0.158. The predicted octanol–water partition coefficient (Wildman–Crippen LogP) is 4.59. The van der Waals surface area contributed by atoms with Crippen LogP contribution >= 0.6 is 0 Å². The van der Waals surface area contributed by atoms with E-state index in [1.54, 1.807) is 26.9 Å². The lowest BCUT2D eigenvalue weighted by Gasteiger charge is -2.43. The molecule has 0 radical (unpaired) electrons. The zero-order valence-corrected chi connectivity index (χ0v) is 27.5. The fraction of sp³-hybridized carbons (Fsp3) is 0.629. The van der Waals surface area contributed by atoms with Crippen molar-refractivity contribution in [2.45, 2.75) is 96.6 Å². The number of nitrogens with zero attached hydrogens (tertiary/aromatic N) is 3. The van der Waals surface area contributed by atoms with Crippen LogP contribution in [-0.2, 0) is 19.1 Å². The molecule has 0 saturated carbocycles. The van der Waals surface area contributed by atoms with E-state index in [1.807, 2.05) is 72.7 Å². The molecule has 1 aromatic rings. The number of anilines is 1. The monoisotopic (exact) mass is 609 g/mol. The molecule has 4 rings (SSSR count). The number of amides is 3. The van der Waals surface area contributed by atoms with Crippen molar-refractivity contribution in [2.75, 3.05) is 31.2 Å². The third kappa shape index (κ3) is 5.69. The first-order valence-electron chi connectivity index (χ1n) is 15.9. The number of aliphatic hydroxyl groups excluding tert-OH is 1. The second-order valence-corrected chi connectivity index (χ2v) is 14.0. The second kappa shape index (κ2) is 12.7. The number of carbonyl (C=O) groups excluding carboxylic acids is 3. The maximum Gasteiger partial charge on any atom is 0.249 e. The molecule has 3 amide bonds. The zero-order valence-electron chi connectivity index (χ0n) is 27.5. The van der Waals surface area contributed by atoms with Crippen LogP contribution in [0, 0.1) is 17.8 Å². The molecule has 9 nitrogen and oxygen atoms in total. The molecule has 44 heavy (non-hydrogen) atoms. The fourth-order valence-corrected chi connectivity index (χ4v) is 7.71. The first-order valence-corrected chi connectivity index (χ1v) is 15.9. The summed E-state index contributed by atoms with van der Waals surface area (Å²) in [6.45, 7) is 22.2. The molecule has 3 aliphatic heterocycles. The second-order valence-electron chi connectivity index (χ2n) is 14.0. The van der Waals surface area contributed by atoms with Crippen LogP contribution in [0.2, 0.25) is 0 Å². The number of hydrogen-bond donors (Lipinski definition) is 1. The van der Waals surface area contributed by atoms with E-state index in [0.717, 1.165) is 0 Å². The Morgan fingerprint density at radius 1 is 1.14 bits per heavy atom. The molecule has 3 aliphatic rings. The number of likely N-dealkylation sites (tertiary alicyclic amines) is 1. The molecule has 2 unspecified atom stereocenters. The number of ether oxygens (including phenoxy) is 2. The number of benzene rings is 1. The van der Waals surface area contributed by atoms with E-state index in [1.165, 1.54) is 0 Å². The largest absolute Gasteiger partial charge is 0.494 e. The van der Waals surface area contributed by atoms with Gasteiger partial charge < -0.3 is 29.3 Å². The maximum atomic E-state index is 14.7. The van der Waals surface area contributed by atoms with Gasteiger partial charge >= 0.3 is 0 Å². The van der Waals surface area contributed by atoms with Crippen molar-refractivity contribution in [1.29, 1.82) is 0 Å². The van der Waals surface area contributed by atoms with Gasteiger partial charge in [0.05, 0.1) is 36.7 Å². The highest BCUT2D eigenvalue weighted by molar-refractivity contribution is 6.03. The van der Waals surface area contributed by atoms with Gasteiger partial charge in [-0.05, 0) is 84.1 Å². The summed E-state index contributed by atoms with van der Waals surface area (Å²) >= 11 is 0. The van der Waals surface area contributed by atoms with E-state index < -0.39 is 40.7 Å². The first-order chi connectivity index (χ1) is 20.7. The predicted molar refractivity (Wildman–Crippen MR) is 171 cm³/mol. The molecule has 2 bridgehead atoms. The van der Waals surface area contributed by atoms with Gasteiger partial charge in [0.1, 0.15) is 17.4 Å². The number of aliphatic hydroxyl groups is 1. The van der Waals surface area contributed by atoms with Crippen LogP contribution in [0.15, 0.2) is 49.6 Å². The molecule has 3 heterocycles. The Hall–Kier alpha value is -3.17. The van der Waals surface area contributed by atoms with Crippen molar-refractivity contribution < 1.29 is 29.0 Å². The smallest absolute Gasteiger partial charge is 0.249 e. The van der Waals surface area contributed by atoms with E-state index in [0.29, 0.717) is 43.9 Å². The van der Waals surface area contributed by atoms with Gasteiger partial charge in [0.15, 0.2) is 0 Å². The summed E-state index contributed by atoms with van der Waals surface area (Å²) in [6, 6.07) is 5.72. The van der Waals surface area contributed by atoms with Crippen LogP contribution < -0.4 is 9.64 Å². The van der Waals surface area contributed by atoms with Crippen LogP contribution in [0.1, 0.15) is 67.7 Å². The van der Waals surface area contributed by atoms with E-state index in [4.69, 9.17) is 9.47 Å². The van der Waals surface area contributed by atoms with Gasteiger partial charge in [-0.15, -0.1) is 13.2 Å². The first kappa shape index (κ1) is 33.7. The summed E-state index contributed by atoms with van der Waals surface area (Å²) < 4.78 is 12.5.